The molecule has 0 aromatic heterocycles. The summed E-state index contributed by atoms with van der Waals surface area (Å²) in [4.78, 5) is 2.49. The molecule has 4 nitrogen and oxygen atoms in total. The minimum atomic E-state index is -3.23. The second-order valence-corrected chi connectivity index (χ2v) is 14.1. The van der Waals surface area contributed by atoms with Crippen molar-refractivity contribution in [2.45, 2.75) is 158 Å². The first-order valence-corrected chi connectivity index (χ1v) is 18.7. The Labute approximate surface area is 240 Å². The summed E-state index contributed by atoms with van der Waals surface area (Å²) in [7, 11) is -3.23. The van der Waals surface area contributed by atoms with Crippen LogP contribution in [0.2, 0.25) is 0 Å². The van der Waals surface area contributed by atoms with Crippen LogP contribution in [0.3, 0.4) is 0 Å². The number of hydrogen-bond donors (Lipinski definition) is 0. The maximum absolute atomic E-state index is 14.5. The smallest absolute Gasteiger partial charge is 0.307 e. The molecule has 0 spiro atoms. The molecular formula is C33H70NO3P. The Balaban J connectivity index is 5.80. The lowest BCUT2D eigenvalue weighted by Crippen LogP contribution is -2.35. The lowest BCUT2D eigenvalue weighted by Gasteiger charge is -2.33. The zero-order valence-electron chi connectivity index (χ0n) is 27.3. The Morgan fingerprint density at radius 2 is 0.842 bits per heavy atom. The summed E-state index contributed by atoms with van der Waals surface area (Å²) in [5.74, 6) is 2.22. The lowest BCUT2D eigenvalue weighted by molar-refractivity contribution is 0.130. The van der Waals surface area contributed by atoms with E-state index in [-0.39, 0.29) is 0 Å². The van der Waals surface area contributed by atoms with Crippen molar-refractivity contribution in [3.63, 3.8) is 0 Å². The minimum absolute atomic E-state index is 0.451. The third-order valence-electron chi connectivity index (χ3n) is 8.59. The van der Waals surface area contributed by atoms with Gasteiger partial charge in [0.15, 0.2) is 0 Å². The van der Waals surface area contributed by atoms with Gasteiger partial charge in [-0.05, 0) is 49.4 Å². The predicted molar refractivity (Wildman–Crippen MR) is 169 cm³/mol. The molecule has 0 aliphatic rings. The number of unbranched alkanes of at least 4 members (excludes halogenated alkanes) is 4. The van der Waals surface area contributed by atoms with E-state index in [2.05, 4.69) is 60.3 Å². The molecule has 0 aromatic rings. The molecule has 0 fully saturated rings. The normalized spacial score (nSPS) is 16.9. The van der Waals surface area contributed by atoms with Gasteiger partial charge in [0.1, 0.15) is 6.29 Å². The summed E-state index contributed by atoms with van der Waals surface area (Å²) in [5.41, 5.74) is 0. The van der Waals surface area contributed by atoms with Crippen LogP contribution in [0.5, 0.6) is 0 Å². The van der Waals surface area contributed by atoms with Crippen LogP contribution < -0.4 is 0 Å². The fourth-order valence-electron chi connectivity index (χ4n) is 5.35. The van der Waals surface area contributed by atoms with Gasteiger partial charge in [-0.2, -0.15) is 0 Å². The zero-order valence-corrected chi connectivity index (χ0v) is 28.2. The summed E-state index contributed by atoms with van der Waals surface area (Å²) < 4.78 is 27.3. The van der Waals surface area contributed by atoms with Crippen LogP contribution in [-0.4, -0.2) is 37.5 Å². The second-order valence-electron chi connectivity index (χ2n) is 12.0. The Kier molecular flexibility index (Phi) is 24.9. The minimum Gasteiger partial charge on any atom is -0.307 e. The first kappa shape index (κ1) is 38.1. The van der Waals surface area contributed by atoms with Gasteiger partial charge >= 0.3 is 7.60 Å². The summed E-state index contributed by atoms with van der Waals surface area (Å²) in [6.07, 6.45) is 19.6. The number of rotatable bonds is 28. The Morgan fingerprint density at radius 1 is 0.526 bits per heavy atom. The van der Waals surface area contributed by atoms with Gasteiger partial charge in [0.25, 0.3) is 0 Å². The molecule has 0 radical (unpaired) electrons. The van der Waals surface area contributed by atoms with Gasteiger partial charge in [-0.1, -0.05) is 132 Å². The van der Waals surface area contributed by atoms with Crippen molar-refractivity contribution in [2.75, 3.05) is 32.6 Å². The van der Waals surface area contributed by atoms with Crippen molar-refractivity contribution in [1.82, 2.24) is 4.90 Å². The van der Waals surface area contributed by atoms with E-state index < -0.39 is 7.60 Å². The molecule has 38 heavy (non-hydrogen) atoms. The summed E-state index contributed by atoms with van der Waals surface area (Å²) in [6.45, 7) is 21.3. The lowest BCUT2D eigenvalue weighted by atomic mass is 9.96. The third kappa shape index (κ3) is 18.5. The van der Waals surface area contributed by atoms with E-state index in [1.165, 1.54) is 77.0 Å². The van der Waals surface area contributed by atoms with Gasteiger partial charge in [0, 0.05) is 13.1 Å². The van der Waals surface area contributed by atoms with Gasteiger partial charge in [-0.3, -0.25) is 9.46 Å². The van der Waals surface area contributed by atoms with Crippen LogP contribution in [0.25, 0.3) is 0 Å². The van der Waals surface area contributed by atoms with Gasteiger partial charge in [-0.25, -0.2) is 0 Å². The highest BCUT2D eigenvalue weighted by Gasteiger charge is 2.32. The highest BCUT2D eigenvalue weighted by molar-refractivity contribution is 7.53. The van der Waals surface area contributed by atoms with Crippen LogP contribution >= 0.6 is 7.60 Å². The first-order valence-electron chi connectivity index (χ1n) is 16.9. The van der Waals surface area contributed by atoms with Gasteiger partial charge in [-0.15, -0.1) is 0 Å². The maximum Gasteiger partial charge on any atom is 0.344 e. The van der Waals surface area contributed by atoms with Crippen LogP contribution in [0.1, 0.15) is 158 Å². The predicted octanol–water partition coefficient (Wildman–Crippen LogP) is 11.3. The van der Waals surface area contributed by atoms with Crippen LogP contribution in [-0.2, 0) is 13.6 Å². The van der Waals surface area contributed by atoms with Crippen molar-refractivity contribution in [2.24, 2.45) is 23.7 Å². The van der Waals surface area contributed by atoms with E-state index in [4.69, 9.17) is 9.05 Å². The van der Waals surface area contributed by atoms with Gasteiger partial charge in [0.2, 0.25) is 0 Å². The molecule has 0 saturated carbocycles. The molecule has 0 saturated heterocycles. The largest absolute Gasteiger partial charge is 0.344 e. The van der Waals surface area contributed by atoms with Crippen LogP contribution in [0, 0.1) is 23.7 Å². The Bertz CT molecular complexity index is 516. The molecule has 0 N–H and O–H groups in total. The molecule has 4 atom stereocenters. The van der Waals surface area contributed by atoms with E-state index in [0.29, 0.717) is 43.2 Å². The summed E-state index contributed by atoms with van der Waals surface area (Å²) in [5, 5.41) is 0. The van der Waals surface area contributed by atoms with Crippen molar-refractivity contribution >= 4 is 7.60 Å². The molecule has 0 heterocycles. The van der Waals surface area contributed by atoms with Gasteiger partial charge in [0.05, 0.1) is 13.2 Å². The average Bonchev–Trinajstić information content (AvgIpc) is 2.93. The molecule has 230 valence electrons. The molecule has 0 rings (SSSR count). The fraction of sp³-hybridized carbons (Fsp3) is 1.00. The highest BCUT2D eigenvalue weighted by Crippen LogP contribution is 2.50. The highest BCUT2D eigenvalue weighted by atomic mass is 31.2. The zero-order chi connectivity index (χ0) is 28.7. The monoisotopic (exact) mass is 560 g/mol. The van der Waals surface area contributed by atoms with Crippen molar-refractivity contribution in [3.05, 3.63) is 0 Å². The van der Waals surface area contributed by atoms with E-state index in [1.807, 2.05) is 0 Å². The molecule has 0 amide bonds. The van der Waals surface area contributed by atoms with Crippen LogP contribution in [0.15, 0.2) is 0 Å². The average molecular weight is 560 g/mol. The molecule has 0 aliphatic carbocycles. The molecular weight excluding hydrogens is 489 g/mol. The van der Waals surface area contributed by atoms with E-state index in [9.17, 15) is 4.57 Å². The first-order chi connectivity index (χ1) is 18.3. The SMILES string of the molecule is CCCCC(CC)COP(=O)(CN(CC(CC)CCCC)CC(CC)CCCC)OCC(CC)CCCC. The quantitative estimate of drug-likeness (QED) is 0.0894. The van der Waals surface area contributed by atoms with E-state index in [0.717, 1.165) is 38.8 Å². The number of nitrogens with zero attached hydrogens (tertiary/aromatic N) is 1. The van der Waals surface area contributed by atoms with Crippen molar-refractivity contribution in [3.8, 4) is 0 Å². The third-order valence-corrected chi connectivity index (χ3v) is 10.4. The second kappa shape index (κ2) is 24.9. The molecule has 4 unspecified atom stereocenters. The topological polar surface area (TPSA) is 38.8 Å². The molecule has 0 aromatic carbocycles. The fourth-order valence-corrected chi connectivity index (χ4v) is 7.19. The number of hydrogen-bond acceptors (Lipinski definition) is 4. The standard InChI is InChI=1S/C33H70NO3P/c1-9-17-21-30(13-5)25-34(26-31(14-6)22-18-10-2)29-38(35,36-27-32(15-7)23-19-11-3)37-28-33(16-8)24-20-12-4/h30-33H,9-29H2,1-8H3. The Hall–Kier alpha value is 0.110. The van der Waals surface area contributed by atoms with Gasteiger partial charge < -0.3 is 9.05 Å². The molecule has 0 bridgehead atoms. The van der Waals surface area contributed by atoms with Crippen molar-refractivity contribution < 1.29 is 13.6 Å². The van der Waals surface area contributed by atoms with E-state index in [1.54, 1.807) is 0 Å². The van der Waals surface area contributed by atoms with Crippen molar-refractivity contribution in [1.29, 1.82) is 0 Å². The molecule has 0 aliphatic heterocycles. The maximum atomic E-state index is 14.5. The Morgan fingerprint density at radius 3 is 1.13 bits per heavy atom. The summed E-state index contributed by atoms with van der Waals surface area (Å²) in [6, 6.07) is 0. The van der Waals surface area contributed by atoms with Crippen LogP contribution in [0.4, 0.5) is 0 Å². The summed E-state index contributed by atoms with van der Waals surface area (Å²) >= 11 is 0. The molecule has 5 heteroatoms. The van der Waals surface area contributed by atoms with E-state index >= 15 is 0 Å².